The number of imidazole rings is 1. The summed E-state index contributed by atoms with van der Waals surface area (Å²) in [6.07, 6.45) is 2.25. The molecule has 0 aliphatic carbocycles. The van der Waals surface area contributed by atoms with Gasteiger partial charge in [-0.05, 0) is 50.1 Å². The number of amides is 1. The number of aromatic carboxylic acids is 1. The number of hydrogen-bond donors (Lipinski definition) is 1. The lowest BCUT2D eigenvalue weighted by molar-refractivity contribution is -0.127. The van der Waals surface area contributed by atoms with Gasteiger partial charge in [0.1, 0.15) is 5.82 Å². The highest BCUT2D eigenvalue weighted by molar-refractivity contribution is 5.95. The molecular formula is C24H25N3O5. The summed E-state index contributed by atoms with van der Waals surface area (Å²) in [6, 6.07) is 11.9. The molecule has 2 heterocycles. The third kappa shape index (κ3) is 4.34. The van der Waals surface area contributed by atoms with Crippen LogP contribution in [0.25, 0.3) is 22.4 Å². The zero-order chi connectivity index (χ0) is 22.7. The first-order valence-corrected chi connectivity index (χ1v) is 10.8. The molecule has 4 rings (SSSR count). The van der Waals surface area contributed by atoms with Crippen molar-refractivity contribution in [2.45, 2.75) is 32.7 Å². The maximum atomic E-state index is 12.2. The van der Waals surface area contributed by atoms with Crippen LogP contribution in [0.4, 0.5) is 0 Å². The van der Waals surface area contributed by atoms with Crippen molar-refractivity contribution in [1.82, 2.24) is 14.5 Å². The molecule has 1 aliphatic rings. The molecular weight excluding hydrogens is 410 g/mol. The van der Waals surface area contributed by atoms with Crippen LogP contribution in [0.5, 0.6) is 0 Å². The SMILES string of the molecule is CCOC(=O)c1ccc2c(c1)nc(-c1cccc(C(=O)O)c1)n2CCCN1CCCC1=O. The lowest BCUT2D eigenvalue weighted by Gasteiger charge is -2.16. The second kappa shape index (κ2) is 9.21. The molecule has 3 aromatic rings. The fourth-order valence-corrected chi connectivity index (χ4v) is 4.07. The number of carbonyl (C=O) groups excluding carboxylic acids is 2. The Bertz CT molecular complexity index is 1180. The third-order valence-electron chi connectivity index (χ3n) is 5.61. The number of benzene rings is 2. The number of ether oxygens (including phenoxy) is 1. The van der Waals surface area contributed by atoms with Gasteiger partial charge < -0.3 is 19.3 Å². The lowest BCUT2D eigenvalue weighted by Crippen LogP contribution is -2.26. The second-order valence-electron chi connectivity index (χ2n) is 7.73. The summed E-state index contributed by atoms with van der Waals surface area (Å²) in [7, 11) is 0. The number of fused-ring (bicyclic) bond motifs is 1. The van der Waals surface area contributed by atoms with Gasteiger partial charge in [0.25, 0.3) is 0 Å². The quantitative estimate of drug-likeness (QED) is 0.543. The number of carboxylic acids is 1. The third-order valence-corrected chi connectivity index (χ3v) is 5.61. The molecule has 166 valence electrons. The highest BCUT2D eigenvalue weighted by atomic mass is 16.5. The van der Waals surface area contributed by atoms with E-state index in [4.69, 9.17) is 9.72 Å². The van der Waals surface area contributed by atoms with Gasteiger partial charge in [-0.25, -0.2) is 14.6 Å². The van der Waals surface area contributed by atoms with Gasteiger partial charge in [-0.1, -0.05) is 12.1 Å². The fourth-order valence-electron chi connectivity index (χ4n) is 4.07. The number of hydrogen-bond acceptors (Lipinski definition) is 5. The minimum atomic E-state index is -1.01. The predicted molar refractivity (Wildman–Crippen MR) is 119 cm³/mol. The molecule has 1 aromatic heterocycles. The predicted octanol–water partition coefficient (Wildman–Crippen LogP) is 3.59. The average Bonchev–Trinajstić information content (AvgIpc) is 3.37. The Morgan fingerprint density at radius 1 is 1.12 bits per heavy atom. The van der Waals surface area contributed by atoms with E-state index in [1.54, 1.807) is 31.2 Å². The van der Waals surface area contributed by atoms with Crippen molar-refractivity contribution in [3.8, 4) is 11.4 Å². The molecule has 1 saturated heterocycles. The number of carbonyl (C=O) groups is 3. The molecule has 0 saturated carbocycles. The van der Waals surface area contributed by atoms with E-state index in [2.05, 4.69) is 0 Å². The Morgan fingerprint density at radius 3 is 2.69 bits per heavy atom. The summed E-state index contributed by atoms with van der Waals surface area (Å²) in [4.78, 5) is 42.2. The Morgan fingerprint density at radius 2 is 1.97 bits per heavy atom. The summed E-state index contributed by atoms with van der Waals surface area (Å²) in [6.45, 7) is 4.09. The molecule has 0 spiro atoms. The molecule has 0 atom stereocenters. The number of aromatic nitrogens is 2. The number of esters is 1. The summed E-state index contributed by atoms with van der Waals surface area (Å²) in [5.74, 6) is -0.608. The molecule has 8 heteroatoms. The van der Waals surface area contributed by atoms with Gasteiger partial charge in [0.05, 0.1) is 28.8 Å². The van der Waals surface area contributed by atoms with Gasteiger partial charge in [-0.2, -0.15) is 0 Å². The van der Waals surface area contributed by atoms with Gasteiger partial charge in [0.2, 0.25) is 5.91 Å². The van der Waals surface area contributed by atoms with E-state index >= 15 is 0 Å². The molecule has 1 aliphatic heterocycles. The standard InChI is InChI=1S/C24H25N3O5/c1-2-32-24(31)18-9-10-20-19(15-18)25-22(16-6-3-7-17(14-16)23(29)30)27(20)13-5-12-26-11-4-8-21(26)28/h3,6-7,9-10,14-15H,2,4-5,8,11-13H2,1H3,(H,29,30). The largest absolute Gasteiger partial charge is 0.478 e. The summed E-state index contributed by atoms with van der Waals surface area (Å²) in [5, 5.41) is 9.38. The first-order chi connectivity index (χ1) is 15.5. The highest BCUT2D eigenvalue weighted by Crippen LogP contribution is 2.27. The van der Waals surface area contributed by atoms with Crippen LogP contribution in [0.3, 0.4) is 0 Å². The zero-order valence-electron chi connectivity index (χ0n) is 17.9. The molecule has 0 radical (unpaired) electrons. The van der Waals surface area contributed by atoms with Crippen LogP contribution in [0.2, 0.25) is 0 Å². The van der Waals surface area contributed by atoms with E-state index in [0.29, 0.717) is 42.0 Å². The smallest absolute Gasteiger partial charge is 0.338 e. The highest BCUT2D eigenvalue weighted by Gasteiger charge is 2.20. The normalized spacial score (nSPS) is 13.7. The van der Waals surface area contributed by atoms with Crippen molar-refractivity contribution >= 4 is 28.9 Å². The maximum absolute atomic E-state index is 12.2. The van der Waals surface area contributed by atoms with Crippen molar-refractivity contribution in [2.24, 2.45) is 0 Å². The first-order valence-electron chi connectivity index (χ1n) is 10.8. The molecule has 0 bridgehead atoms. The minimum absolute atomic E-state index is 0.177. The zero-order valence-corrected chi connectivity index (χ0v) is 17.9. The lowest BCUT2D eigenvalue weighted by atomic mass is 10.1. The van der Waals surface area contributed by atoms with E-state index < -0.39 is 11.9 Å². The van der Waals surface area contributed by atoms with E-state index in [9.17, 15) is 19.5 Å². The monoisotopic (exact) mass is 435 g/mol. The summed E-state index contributed by atoms with van der Waals surface area (Å²) in [5.41, 5.74) is 2.73. The fraction of sp³-hybridized carbons (Fsp3) is 0.333. The Hall–Kier alpha value is -3.68. The van der Waals surface area contributed by atoms with Gasteiger partial charge in [0.15, 0.2) is 0 Å². The molecule has 2 aromatic carbocycles. The van der Waals surface area contributed by atoms with Gasteiger partial charge in [0, 0.05) is 31.6 Å². The molecule has 8 nitrogen and oxygen atoms in total. The number of aryl methyl sites for hydroxylation is 1. The second-order valence-corrected chi connectivity index (χ2v) is 7.73. The minimum Gasteiger partial charge on any atom is -0.478 e. The van der Waals surface area contributed by atoms with Crippen molar-refractivity contribution in [2.75, 3.05) is 19.7 Å². The van der Waals surface area contributed by atoms with E-state index in [-0.39, 0.29) is 18.1 Å². The molecule has 1 amide bonds. The van der Waals surface area contributed by atoms with E-state index in [0.717, 1.165) is 24.9 Å². The molecule has 0 unspecified atom stereocenters. The molecule has 32 heavy (non-hydrogen) atoms. The number of rotatable bonds is 8. The maximum Gasteiger partial charge on any atom is 0.338 e. The topological polar surface area (TPSA) is 102 Å². The average molecular weight is 435 g/mol. The molecule has 1 N–H and O–H groups in total. The van der Waals surface area contributed by atoms with Crippen LogP contribution in [0.1, 0.15) is 46.9 Å². The van der Waals surface area contributed by atoms with Crippen molar-refractivity contribution in [3.63, 3.8) is 0 Å². The van der Waals surface area contributed by atoms with Crippen molar-refractivity contribution < 1.29 is 24.2 Å². The van der Waals surface area contributed by atoms with Crippen LogP contribution in [0, 0.1) is 0 Å². The van der Waals surface area contributed by atoms with Crippen LogP contribution >= 0.6 is 0 Å². The summed E-state index contributed by atoms with van der Waals surface area (Å²) < 4.78 is 7.12. The molecule has 1 fully saturated rings. The van der Waals surface area contributed by atoms with Gasteiger partial charge in [-0.15, -0.1) is 0 Å². The van der Waals surface area contributed by atoms with Crippen LogP contribution in [0.15, 0.2) is 42.5 Å². The van der Waals surface area contributed by atoms with Gasteiger partial charge in [-0.3, -0.25) is 4.79 Å². The summed E-state index contributed by atoms with van der Waals surface area (Å²) >= 11 is 0. The first kappa shape index (κ1) is 21.5. The Kier molecular flexibility index (Phi) is 6.20. The number of carboxylic acid groups (broad SMARTS) is 1. The van der Waals surface area contributed by atoms with Crippen LogP contribution in [-0.2, 0) is 16.1 Å². The van der Waals surface area contributed by atoms with Gasteiger partial charge >= 0.3 is 11.9 Å². The van der Waals surface area contributed by atoms with Crippen molar-refractivity contribution in [3.05, 3.63) is 53.6 Å². The van der Waals surface area contributed by atoms with Crippen LogP contribution in [-0.4, -0.2) is 57.1 Å². The number of likely N-dealkylation sites (tertiary alicyclic amines) is 1. The number of nitrogens with zero attached hydrogens (tertiary/aromatic N) is 3. The van der Waals surface area contributed by atoms with E-state index in [1.165, 1.54) is 6.07 Å². The Labute approximate surface area is 185 Å². The van der Waals surface area contributed by atoms with Crippen molar-refractivity contribution in [1.29, 1.82) is 0 Å². The Balaban J connectivity index is 1.71. The van der Waals surface area contributed by atoms with E-state index in [1.807, 2.05) is 21.6 Å². The van der Waals surface area contributed by atoms with Crippen LogP contribution < -0.4 is 0 Å².